The molecule has 0 aromatic heterocycles. The van der Waals surface area contributed by atoms with Gasteiger partial charge in [-0.3, -0.25) is 0 Å². The number of aryl methyl sites for hydroxylation is 2. The first-order valence-corrected chi connectivity index (χ1v) is 9.57. The fourth-order valence-corrected chi connectivity index (χ4v) is 2.09. The van der Waals surface area contributed by atoms with E-state index in [0.717, 1.165) is 11.1 Å². The van der Waals surface area contributed by atoms with Crippen LogP contribution in [0.2, 0.25) is 0 Å². The van der Waals surface area contributed by atoms with Crippen LogP contribution in [-0.4, -0.2) is 43.2 Å². The van der Waals surface area contributed by atoms with Gasteiger partial charge in [-0.05, 0) is 49.2 Å². The summed E-state index contributed by atoms with van der Waals surface area (Å²) < 4.78 is 14.4. The van der Waals surface area contributed by atoms with Crippen LogP contribution in [0.1, 0.15) is 31.8 Å². The topological polar surface area (TPSA) is 82.1 Å². The van der Waals surface area contributed by atoms with Gasteiger partial charge in [0.15, 0.2) is 0 Å². The number of benzene rings is 2. The quantitative estimate of drug-likeness (QED) is 0.409. The molecule has 0 radical (unpaired) electrons. The molecule has 162 valence electrons. The Morgan fingerprint density at radius 1 is 0.967 bits per heavy atom. The maximum Gasteiger partial charge on any atom is 0.338 e. The number of terminal acetylenes is 1. The van der Waals surface area contributed by atoms with Crippen molar-refractivity contribution in [2.45, 2.75) is 13.8 Å². The molecule has 1 N–H and O–H groups in total. The fourth-order valence-electron chi connectivity index (χ4n) is 2.09. The van der Waals surface area contributed by atoms with Crippen molar-refractivity contribution in [2.24, 2.45) is 0 Å². The van der Waals surface area contributed by atoms with Crippen molar-refractivity contribution in [3.05, 3.63) is 58.7 Å². The zero-order valence-electron chi connectivity index (χ0n) is 17.2. The van der Waals surface area contributed by atoms with Gasteiger partial charge < -0.3 is 19.3 Å². The number of carbonyl (C=O) groups excluding carboxylic acids is 2. The second kappa shape index (κ2) is 15.0. The van der Waals surface area contributed by atoms with E-state index in [0.29, 0.717) is 16.9 Å². The molecule has 0 bridgehead atoms. The van der Waals surface area contributed by atoms with Crippen LogP contribution in [-0.2, 0) is 9.47 Å². The highest BCUT2D eigenvalue weighted by molar-refractivity contribution is 6.40. The molecule has 6 nitrogen and oxygen atoms in total. The summed E-state index contributed by atoms with van der Waals surface area (Å²) in [6.07, 6.45) is 5.06. The molecule has 0 unspecified atom stereocenters. The second-order valence-electron chi connectivity index (χ2n) is 5.55. The highest BCUT2D eigenvalue weighted by atomic mass is 35.5. The Morgan fingerprint density at radius 3 is 1.90 bits per heavy atom. The van der Waals surface area contributed by atoms with E-state index in [-0.39, 0.29) is 23.7 Å². The molecular formula is C22H24Cl2O6. The Kier molecular flexibility index (Phi) is 13.6. The first-order chi connectivity index (χ1) is 14.2. The smallest absolute Gasteiger partial charge is 0.338 e. The summed E-state index contributed by atoms with van der Waals surface area (Å²) in [5.74, 6) is 2.19. The number of halogens is 2. The Bertz CT molecular complexity index is 874. The van der Waals surface area contributed by atoms with Crippen LogP contribution in [0.4, 0.5) is 0 Å². The van der Waals surface area contributed by atoms with E-state index >= 15 is 0 Å². The van der Waals surface area contributed by atoms with Crippen molar-refractivity contribution >= 4 is 35.1 Å². The Balaban J connectivity index is 0.000000505. The average molecular weight is 455 g/mol. The van der Waals surface area contributed by atoms with Gasteiger partial charge in [0.25, 0.3) is 0 Å². The molecule has 2 aromatic carbocycles. The summed E-state index contributed by atoms with van der Waals surface area (Å²) in [7, 11) is 2.66. The third kappa shape index (κ3) is 9.55. The van der Waals surface area contributed by atoms with E-state index in [9.17, 15) is 9.59 Å². The molecule has 2 rings (SSSR count). The van der Waals surface area contributed by atoms with Gasteiger partial charge in [-0.25, -0.2) is 9.59 Å². The lowest BCUT2D eigenvalue weighted by molar-refractivity contribution is 0.0590. The molecule has 0 aliphatic rings. The van der Waals surface area contributed by atoms with Crippen molar-refractivity contribution in [3.8, 4) is 23.8 Å². The lowest BCUT2D eigenvalue weighted by Gasteiger charge is -2.07. The van der Waals surface area contributed by atoms with Gasteiger partial charge in [0, 0.05) is 0 Å². The van der Waals surface area contributed by atoms with E-state index in [1.54, 1.807) is 31.2 Å². The molecule has 0 fully saturated rings. The third-order valence-corrected chi connectivity index (χ3v) is 3.56. The molecule has 0 aliphatic heterocycles. The van der Waals surface area contributed by atoms with Crippen LogP contribution in [0, 0.1) is 26.2 Å². The molecule has 30 heavy (non-hydrogen) atoms. The number of esters is 2. The maximum atomic E-state index is 11.3. The molecule has 0 saturated heterocycles. The lowest BCUT2D eigenvalue weighted by Crippen LogP contribution is -2.04. The monoisotopic (exact) mass is 454 g/mol. The molecule has 2 aromatic rings. The highest BCUT2D eigenvalue weighted by Crippen LogP contribution is 2.18. The van der Waals surface area contributed by atoms with E-state index in [1.807, 2.05) is 6.92 Å². The predicted molar refractivity (Wildman–Crippen MR) is 118 cm³/mol. The van der Waals surface area contributed by atoms with Crippen LogP contribution >= 0.6 is 23.2 Å². The number of alkyl halides is 2. The summed E-state index contributed by atoms with van der Waals surface area (Å²) in [4.78, 5) is 22.4. The van der Waals surface area contributed by atoms with E-state index in [4.69, 9.17) is 39.5 Å². The van der Waals surface area contributed by atoms with Gasteiger partial charge >= 0.3 is 11.9 Å². The van der Waals surface area contributed by atoms with Crippen LogP contribution in [0.25, 0.3) is 0 Å². The molecule has 0 atom stereocenters. The number of phenolic OH excluding ortho intramolecular Hbond substituents is 1. The van der Waals surface area contributed by atoms with Gasteiger partial charge in [-0.15, -0.1) is 29.6 Å². The number of rotatable bonds is 4. The third-order valence-electron chi connectivity index (χ3n) is 3.56. The van der Waals surface area contributed by atoms with E-state index in [1.165, 1.54) is 26.4 Å². The van der Waals surface area contributed by atoms with Crippen LogP contribution in [0.15, 0.2) is 36.4 Å². The molecule has 8 heteroatoms. The van der Waals surface area contributed by atoms with E-state index < -0.39 is 5.97 Å². The predicted octanol–water partition coefficient (Wildman–Crippen LogP) is 4.70. The molecule has 0 aliphatic carbocycles. The normalized spacial score (nSPS) is 8.97. The molecular weight excluding hydrogens is 431 g/mol. The summed E-state index contributed by atoms with van der Waals surface area (Å²) in [5, 5.41) is 9.27. The van der Waals surface area contributed by atoms with Crippen molar-refractivity contribution in [1.82, 2.24) is 0 Å². The number of aromatic hydroxyl groups is 1. The standard InChI is InChI=1S/C12H12O3.C9H10O3.CH2Cl2/c1-4-7-15-10-6-5-9(2)11(8-10)12(13)14-3;1-6-3-4-7(10)5-8(6)9(11)12-2;2-1-3/h1,5-6,8H,7H2,2-3H3;3-5,10H,1-2H3;1H2. The van der Waals surface area contributed by atoms with Crippen molar-refractivity contribution in [1.29, 1.82) is 0 Å². The van der Waals surface area contributed by atoms with Gasteiger partial charge in [-0.1, -0.05) is 18.1 Å². The number of methoxy groups -OCH3 is 2. The minimum absolute atomic E-state index is 0.0704. The van der Waals surface area contributed by atoms with E-state index in [2.05, 4.69) is 15.4 Å². The number of phenols is 1. The van der Waals surface area contributed by atoms with Gasteiger partial charge in [0.05, 0.1) is 30.7 Å². The lowest BCUT2D eigenvalue weighted by atomic mass is 10.1. The minimum Gasteiger partial charge on any atom is -0.508 e. The molecule has 0 heterocycles. The van der Waals surface area contributed by atoms with Crippen molar-refractivity contribution in [3.63, 3.8) is 0 Å². The molecule has 0 amide bonds. The zero-order valence-corrected chi connectivity index (χ0v) is 18.7. The second-order valence-corrected chi connectivity index (χ2v) is 6.36. The minimum atomic E-state index is -0.427. The first kappa shape index (κ1) is 27.1. The largest absolute Gasteiger partial charge is 0.508 e. The van der Waals surface area contributed by atoms with Crippen LogP contribution < -0.4 is 4.74 Å². The summed E-state index contributed by atoms with van der Waals surface area (Å²) in [6, 6.07) is 9.76. The van der Waals surface area contributed by atoms with Crippen molar-refractivity contribution in [2.75, 3.05) is 26.2 Å². The van der Waals surface area contributed by atoms with Crippen LogP contribution in [0.5, 0.6) is 11.5 Å². The first-order valence-electron chi connectivity index (χ1n) is 8.50. The zero-order chi connectivity index (χ0) is 23.1. The fraction of sp³-hybridized carbons (Fsp3) is 0.273. The van der Waals surface area contributed by atoms with Crippen LogP contribution in [0.3, 0.4) is 0 Å². The average Bonchev–Trinajstić information content (AvgIpc) is 2.74. The van der Waals surface area contributed by atoms with Crippen molar-refractivity contribution < 1.29 is 28.9 Å². The number of hydrogen-bond donors (Lipinski definition) is 1. The Hall–Kier alpha value is -2.88. The molecule has 0 saturated carbocycles. The van der Waals surface area contributed by atoms with Gasteiger partial charge in [-0.2, -0.15) is 0 Å². The highest BCUT2D eigenvalue weighted by Gasteiger charge is 2.10. The van der Waals surface area contributed by atoms with Gasteiger partial charge in [0.2, 0.25) is 0 Å². The summed E-state index contributed by atoms with van der Waals surface area (Å²) in [6.45, 7) is 3.80. The Morgan fingerprint density at radius 2 is 1.43 bits per heavy atom. The SMILES string of the molecule is C#CCOc1ccc(C)c(C(=O)OC)c1.COC(=O)c1cc(O)ccc1C.ClCCl. The molecule has 0 spiro atoms. The number of ether oxygens (including phenoxy) is 3. The Labute approximate surface area is 186 Å². The maximum absolute atomic E-state index is 11.3. The van der Waals surface area contributed by atoms with Gasteiger partial charge in [0.1, 0.15) is 18.1 Å². The summed E-state index contributed by atoms with van der Waals surface area (Å²) >= 11 is 9.53. The summed E-state index contributed by atoms with van der Waals surface area (Å²) in [5.41, 5.74) is 2.53. The number of hydrogen-bond acceptors (Lipinski definition) is 6. The number of carbonyl (C=O) groups is 2.